The molecule has 0 atom stereocenters. The predicted octanol–water partition coefficient (Wildman–Crippen LogP) is 3.98. The standard InChI is InChI=1S/C18H18F3N3O2/c1-24(2)16(25)11-12-3-7-14(8-4-12)22-17(26)23-15-9-5-13(6-10-15)18(19,20)21/h3-10H,11H2,1-2H3,(H2,22,23,26). The quantitative estimate of drug-likeness (QED) is 0.861. The van der Waals surface area contributed by atoms with Crippen LogP contribution in [0.4, 0.5) is 29.3 Å². The number of alkyl halides is 3. The van der Waals surface area contributed by atoms with Gasteiger partial charge in [0.1, 0.15) is 0 Å². The van der Waals surface area contributed by atoms with Gasteiger partial charge < -0.3 is 15.5 Å². The highest BCUT2D eigenvalue weighted by atomic mass is 19.4. The molecule has 0 aliphatic heterocycles. The largest absolute Gasteiger partial charge is 0.416 e. The van der Waals surface area contributed by atoms with Crippen LogP contribution in [-0.4, -0.2) is 30.9 Å². The van der Waals surface area contributed by atoms with Crippen molar-refractivity contribution >= 4 is 23.3 Å². The van der Waals surface area contributed by atoms with Crippen molar-refractivity contribution in [1.82, 2.24) is 4.90 Å². The van der Waals surface area contributed by atoms with Gasteiger partial charge in [-0.15, -0.1) is 0 Å². The van der Waals surface area contributed by atoms with Gasteiger partial charge in [-0.3, -0.25) is 4.79 Å². The first-order valence-corrected chi connectivity index (χ1v) is 7.69. The first kappa shape index (κ1) is 19.3. The van der Waals surface area contributed by atoms with E-state index >= 15 is 0 Å². The number of urea groups is 1. The van der Waals surface area contributed by atoms with E-state index in [1.165, 1.54) is 17.0 Å². The van der Waals surface area contributed by atoms with Gasteiger partial charge in [0.05, 0.1) is 12.0 Å². The second-order valence-corrected chi connectivity index (χ2v) is 5.82. The molecule has 0 spiro atoms. The van der Waals surface area contributed by atoms with Gasteiger partial charge in [0, 0.05) is 25.5 Å². The molecule has 0 aliphatic carbocycles. The Morgan fingerprint density at radius 1 is 0.885 bits per heavy atom. The summed E-state index contributed by atoms with van der Waals surface area (Å²) in [5.41, 5.74) is 0.753. The van der Waals surface area contributed by atoms with Crippen molar-refractivity contribution in [3.05, 3.63) is 59.7 Å². The number of likely N-dealkylation sites (N-methyl/N-ethyl adjacent to an activating group) is 1. The molecule has 0 fully saturated rings. The number of halogens is 3. The molecule has 138 valence electrons. The molecule has 5 nitrogen and oxygen atoms in total. The van der Waals surface area contributed by atoms with Crippen LogP contribution in [0, 0.1) is 0 Å². The van der Waals surface area contributed by atoms with E-state index in [4.69, 9.17) is 0 Å². The molecule has 0 heterocycles. The van der Waals surface area contributed by atoms with Crippen LogP contribution >= 0.6 is 0 Å². The topological polar surface area (TPSA) is 61.4 Å². The summed E-state index contributed by atoms with van der Waals surface area (Å²) in [5.74, 6) is -0.0363. The number of nitrogens with one attached hydrogen (secondary N) is 2. The minimum atomic E-state index is -4.42. The molecule has 0 unspecified atom stereocenters. The molecule has 0 bridgehead atoms. The fourth-order valence-corrected chi connectivity index (χ4v) is 2.07. The van der Waals surface area contributed by atoms with Crippen molar-refractivity contribution in [3.8, 4) is 0 Å². The number of nitrogens with zero attached hydrogens (tertiary/aromatic N) is 1. The fraction of sp³-hybridized carbons (Fsp3) is 0.222. The third-order valence-corrected chi connectivity index (χ3v) is 3.54. The number of rotatable bonds is 4. The molecule has 0 saturated carbocycles. The number of hydrogen-bond acceptors (Lipinski definition) is 2. The number of carbonyl (C=O) groups is 2. The Labute approximate surface area is 148 Å². The maximum Gasteiger partial charge on any atom is 0.416 e. The minimum absolute atomic E-state index is 0.0363. The van der Waals surface area contributed by atoms with Gasteiger partial charge >= 0.3 is 12.2 Å². The lowest BCUT2D eigenvalue weighted by atomic mass is 10.1. The van der Waals surface area contributed by atoms with Crippen LogP contribution in [0.2, 0.25) is 0 Å². The molecule has 2 rings (SSSR count). The Morgan fingerprint density at radius 3 is 1.77 bits per heavy atom. The molecular formula is C18H18F3N3O2. The smallest absolute Gasteiger partial charge is 0.349 e. The molecule has 2 aromatic rings. The summed E-state index contributed by atoms with van der Waals surface area (Å²) in [4.78, 5) is 25.0. The summed E-state index contributed by atoms with van der Waals surface area (Å²) >= 11 is 0. The highest BCUT2D eigenvalue weighted by Gasteiger charge is 2.29. The number of hydrogen-bond donors (Lipinski definition) is 2. The van der Waals surface area contributed by atoms with Crippen LogP contribution in [0.1, 0.15) is 11.1 Å². The first-order chi connectivity index (χ1) is 12.1. The molecule has 0 saturated heterocycles. The van der Waals surface area contributed by atoms with Gasteiger partial charge in [0.2, 0.25) is 5.91 Å². The van der Waals surface area contributed by atoms with Crippen molar-refractivity contribution in [1.29, 1.82) is 0 Å². The van der Waals surface area contributed by atoms with Crippen molar-refractivity contribution in [2.45, 2.75) is 12.6 Å². The zero-order chi connectivity index (χ0) is 19.3. The second kappa shape index (κ2) is 7.90. The molecule has 3 amide bonds. The molecule has 0 radical (unpaired) electrons. The van der Waals surface area contributed by atoms with Crippen LogP contribution in [0.15, 0.2) is 48.5 Å². The Kier molecular flexibility index (Phi) is 5.86. The minimum Gasteiger partial charge on any atom is -0.349 e. The molecule has 0 aromatic heterocycles. The third-order valence-electron chi connectivity index (χ3n) is 3.54. The average molecular weight is 365 g/mol. The third kappa shape index (κ3) is 5.51. The molecule has 2 aromatic carbocycles. The van der Waals surface area contributed by atoms with Gasteiger partial charge in [0.15, 0.2) is 0 Å². The summed E-state index contributed by atoms with van der Waals surface area (Å²) in [7, 11) is 3.34. The Hall–Kier alpha value is -3.03. The van der Waals surface area contributed by atoms with Gasteiger partial charge in [-0.25, -0.2) is 4.79 Å². The lowest BCUT2D eigenvalue weighted by molar-refractivity contribution is -0.137. The number of benzene rings is 2. The summed E-state index contributed by atoms with van der Waals surface area (Å²) in [6.07, 6.45) is -4.17. The Bertz CT molecular complexity index is 770. The lowest BCUT2D eigenvalue weighted by Crippen LogP contribution is -2.23. The van der Waals surface area contributed by atoms with Crippen LogP contribution < -0.4 is 10.6 Å². The van der Waals surface area contributed by atoms with Crippen LogP contribution in [0.3, 0.4) is 0 Å². The Balaban J connectivity index is 1.92. The second-order valence-electron chi connectivity index (χ2n) is 5.82. The van der Waals surface area contributed by atoms with E-state index in [1.807, 2.05) is 0 Å². The SMILES string of the molecule is CN(C)C(=O)Cc1ccc(NC(=O)Nc2ccc(C(F)(F)F)cc2)cc1. The van der Waals surface area contributed by atoms with Crippen molar-refractivity contribution in [2.24, 2.45) is 0 Å². The van der Waals surface area contributed by atoms with E-state index < -0.39 is 17.8 Å². The van der Waals surface area contributed by atoms with E-state index in [2.05, 4.69) is 10.6 Å². The van der Waals surface area contributed by atoms with E-state index in [0.717, 1.165) is 17.7 Å². The van der Waals surface area contributed by atoms with Crippen molar-refractivity contribution in [2.75, 3.05) is 24.7 Å². The monoisotopic (exact) mass is 365 g/mol. The summed E-state index contributed by atoms with van der Waals surface area (Å²) in [6, 6.07) is 10.3. The maximum absolute atomic E-state index is 12.5. The molecule has 8 heteroatoms. The lowest BCUT2D eigenvalue weighted by Gasteiger charge is -2.11. The highest BCUT2D eigenvalue weighted by Crippen LogP contribution is 2.29. The summed E-state index contributed by atoms with van der Waals surface area (Å²) in [5, 5.41) is 5.02. The number of carbonyl (C=O) groups excluding carboxylic acids is 2. The first-order valence-electron chi connectivity index (χ1n) is 7.69. The summed E-state index contributed by atoms with van der Waals surface area (Å²) < 4.78 is 37.5. The highest BCUT2D eigenvalue weighted by molar-refractivity contribution is 5.99. The van der Waals surface area contributed by atoms with Crippen LogP contribution in [0.25, 0.3) is 0 Å². The van der Waals surface area contributed by atoms with E-state index in [1.54, 1.807) is 38.4 Å². The predicted molar refractivity (Wildman–Crippen MR) is 92.9 cm³/mol. The van der Waals surface area contributed by atoms with Gasteiger partial charge in [0.25, 0.3) is 0 Å². The van der Waals surface area contributed by atoms with Gasteiger partial charge in [-0.2, -0.15) is 13.2 Å². The zero-order valence-corrected chi connectivity index (χ0v) is 14.2. The number of anilines is 2. The normalized spacial score (nSPS) is 11.0. The molecule has 26 heavy (non-hydrogen) atoms. The molecular weight excluding hydrogens is 347 g/mol. The van der Waals surface area contributed by atoms with Crippen molar-refractivity contribution < 1.29 is 22.8 Å². The maximum atomic E-state index is 12.5. The van der Waals surface area contributed by atoms with Gasteiger partial charge in [-0.1, -0.05) is 12.1 Å². The average Bonchev–Trinajstić information content (AvgIpc) is 2.56. The van der Waals surface area contributed by atoms with Gasteiger partial charge in [-0.05, 0) is 42.0 Å². The van der Waals surface area contributed by atoms with E-state index in [-0.39, 0.29) is 18.0 Å². The molecule has 2 N–H and O–H groups in total. The van der Waals surface area contributed by atoms with Crippen LogP contribution in [0.5, 0.6) is 0 Å². The molecule has 0 aliphatic rings. The number of amides is 3. The summed E-state index contributed by atoms with van der Waals surface area (Å²) in [6.45, 7) is 0. The fourth-order valence-electron chi connectivity index (χ4n) is 2.07. The van der Waals surface area contributed by atoms with Crippen LogP contribution in [-0.2, 0) is 17.4 Å². The zero-order valence-electron chi connectivity index (χ0n) is 14.2. The van der Waals surface area contributed by atoms with E-state index in [9.17, 15) is 22.8 Å². The van der Waals surface area contributed by atoms with Crippen molar-refractivity contribution in [3.63, 3.8) is 0 Å². The van der Waals surface area contributed by atoms with E-state index in [0.29, 0.717) is 5.69 Å². The Morgan fingerprint density at radius 2 is 1.35 bits per heavy atom.